The number of rotatable bonds is 0. The van der Waals surface area contributed by atoms with E-state index < -0.39 is 0 Å². The van der Waals surface area contributed by atoms with Crippen LogP contribution in [0, 0.1) is 0 Å². The third-order valence-corrected chi connectivity index (χ3v) is 0.866. The molecule has 2 heteroatoms. The summed E-state index contributed by atoms with van der Waals surface area (Å²) in [5.41, 5.74) is 0.417. The minimum Gasteiger partial charge on any atom is -0.870 e. The van der Waals surface area contributed by atoms with Gasteiger partial charge >= 0.3 is 0 Å². The Balaban J connectivity index is 0. The van der Waals surface area contributed by atoms with E-state index >= 15 is 0 Å². The normalized spacial score (nSPS) is 10.3. The van der Waals surface area contributed by atoms with Crippen molar-refractivity contribution in [2.24, 2.45) is 0 Å². The summed E-state index contributed by atoms with van der Waals surface area (Å²) in [5.74, 6) is 0. The topological polar surface area (TPSA) is 46.6 Å². The van der Waals surface area contributed by atoms with Gasteiger partial charge in [-0.25, -0.2) is 0 Å². The highest BCUT2D eigenvalue weighted by molar-refractivity contribution is 4.50. The van der Waals surface area contributed by atoms with E-state index in [1.165, 1.54) is 0 Å². The fourth-order valence-corrected chi connectivity index (χ4v) is 0. The van der Waals surface area contributed by atoms with Crippen molar-refractivity contribution in [1.29, 1.82) is 0 Å². The molecule has 0 atom stereocenters. The molecule has 0 aliphatic carbocycles. The molecule has 0 fully saturated rings. The first-order chi connectivity index (χ1) is 2.56. The lowest BCUT2D eigenvalue weighted by atomic mass is 10.1. The SMILES string of the molecule is C[NH2+]C(C)(C)C.[OH-]. The van der Waals surface area contributed by atoms with Crippen molar-refractivity contribution in [3.05, 3.63) is 0 Å². The van der Waals surface area contributed by atoms with Crippen LogP contribution in [-0.4, -0.2) is 18.1 Å². The summed E-state index contributed by atoms with van der Waals surface area (Å²) < 4.78 is 0. The number of hydrogen-bond acceptors (Lipinski definition) is 1. The second-order valence-electron chi connectivity index (χ2n) is 2.65. The third-order valence-electron chi connectivity index (χ3n) is 0.866. The first-order valence-corrected chi connectivity index (χ1v) is 2.37. The summed E-state index contributed by atoms with van der Waals surface area (Å²) in [6, 6.07) is 0. The Morgan fingerprint density at radius 2 is 1.29 bits per heavy atom. The Bertz CT molecular complexity index is 37.8. The van der Waals surface area contributed by atoms with E-state index in [2.05, 4.69) is 33.1 Å². The van der Waals surface area contributed by atoms with Gasteiger partial charge in [-0.3, -0.25) is 0 Å². The number of quaternary nitrogens is 1. The summed E-state index contributed by atoms with van der Waals surface area (Å²) in [4.78, 5) is 0. The molecule has 3 N–H and O–H groups in total. The molecule has 0 aromatic rings. The van der Waals surface area contributed by atoms with Gasteiger partial charge in [-0.2, -0.15) is 0 Å². The highest BCUT2D eigenvalue weighted by Crippen LogP contribution is 1.85. The van der Waals surface area contributed by atoms with Crippen LogP contribution in [-0.2, 0) is 0 Å². The molecule has 0 radical (unpaired) electrons. The summed E-state index contributed by atoms with van der Waals surface area (Å²) in [5, 5.41) is 2.19. The smallest absolute Gasteiger partial charge is 0.0874 e. The Morgan fingerprint density at radius 3 is 1.29 bits per heavy atom. The van der Waals surface area contributed by atoms with Crippen LogP contribution >= 0.6 is 0 Å². The molecule has 0 aromatic heterocycles. The maximum Gasteiger partial charge on any atom is 0.0874 e. The predicted molar refractivity (Wildman–Crippen MR) is 29.5 cm³/mol. The van der Waals surface area contributed by atoms with Crippen LogP contribution in [0.4, 0.5) is 0 Å². The van der Waals surface area contributed by atoms with E-state index in [1.54, 1.807) is 0 Å². The third kappa shape index (κ3) is 10.7. The zero-order valence-corrected chi connectivity index (χ0v) is 5.52. The van der Waals surface area contributed by atoms with Crippen molar-refractivity contribution >= 4 is 0 Å². The van der Waals surface area contributed by atoms with Crippen molar-refractivity contribution in [2.75, 3.05) is 7.05 Å². The summed E-state index contributed by atoms with van der Waals surface area (Å²) in [7, 11) is 2.08. The first kappa shape index (κ1) is 10.0. The van der Waals surface area contributed by atoms with Gasteiger partial charge in [0.25, 0.3) is 0 Å². The van der Waals surface area contributed by atoms with Crippen molar-refractivity contribution in [3.63, 3.8) is 0 Å². The van der Waals surface area contributed by atoms with Gasteiger partial charge in [-0.15, -0.1) is 0 Å². The molecule has 0 unspecified atom stereocenters. The number of nitrogens with two attached hydrogens (primary N) is 1. The van der Waals surface area contributed by atoms with E-state index in [1.807, 2.05) is 0 Å². The molecule has 0 aromatic carbocycles. The molecule has 0 spiro atoms. The largest absolute Gasteiger partial charge is 0.870 e. The van der Waals surface area contributed by atoms with Crippen molar-refractivity contribution < 1.29 is 10.8 Å². The lowest BCUT2D eigenvalue weighted by Gasteiger charge is -2.11. The zero-order chi connectivity index (χ0) is 5.21. The molecule has 0 heterocycles. The highest BCUT2D eigenvalue weighted by atomic mass is 16.0. The van der Waals surface area contributed by atoms with E-state index in [0.717, 1.165) is 0 Å². The van der Waals surface area contributed by atoms with E-state index in [4.69, 9.17) is 0 Å². The van der Waals surface area contributed by atoms with Crippen molar-refractivity contribution in [2.45, 2.75) is 26.3 Å². The van der Waals surface area contributed by atoms with Gasteiger partial charge in [-0.1, -0.05) is 0 Å². The second kappa shape index (κ2) is 2.99. The van der Waals surface area contributed by atoms with Crippen LogP contribution in [0.15, 0.2) is 0 Å². The second-order valence-corrected chi connectivity index (χ2v) is 2.65. The van der Waals surface area contributed by atoms with E-state index in [9.17, 15) is 0 Å². The van der Waals surface area contributed by atoms with Gasteiger partial charge in [0.15, 0.2) is 0 Å². The molecule has 7 heavy (non-hydrogen) atoms. The molecule has 0 rings (SSSR count). The average Bonchev–Trinajstić information content (AvgIpc) is 1.35. The molecule has 0 saturated carbocycles. The molecule has 0 amide bonds. The molecule has 0 aliphatic heterocycles. The van der Waals surface area contributed by atoms with Crippen LogP contribution in [0.5, 0.6) is 0 Å². The van der Waals surface area contributed by atoms with Gasteiger partial charge < -0.3 is 10.8 Å². The van der Waals surface area contributed by atoms with Crippen LogP contribution in [0.2, 0.25) is 0 Å². The Kier molecular flexibility index (Phi) is 4.28. The maximum atomic E-state index is 2.19. The minimum absolute atomic E-state index is 0. The minimum atomic E-state index is 0. The fourth-order valence-electron chi connectivity index (χ4n) is 0. The molecule has 2 nitrogen and oxygen atoms in total. The van der Waals surface area contributed by atoms with Gasteiger partial charge in [0, 0.05) is 0 Å². The number of hydrogen-bond donors (Lipinski definition) is 1. The van der Waals surface area contributed by atoms with Crippen LogP contribution < -0.4 is 5.32 Å². The van der Waals surface area contributed by atoms with Gasteiger partial charge in [-0.05, 0) is 20.8 Å². The van der Waals surface area contributed by atoms with Crippen LogP contribution in [0.3, 0.4) is 0 Å². The standard InChI is InChI=1S/C5H13N.H2O/c1-5(2,3)6-4;/h6H,1-4H3;1H2. The van der Waals surface area contributed by atoms with Gasteiger partial charge in [0.05, 0.1) is 12.6 Å². The highest BCUT2D eigenvalue weighted by Gasteiger charge is 2.06. The lowest BCUT2D eigenvalue weighted by Crippen LogP contribution is -2.90. The van der Waals surface area contributed by atoms with E-state index in [0.29, 0.717) is 5.54 Å². The Morgan fingerprint density at radius 1 is 1.14 bits per heavy atom. The molecule has 0 bridgehead atoms. The summed E-state index contributed by atoms with van der Waals surface area (Å²) in [6.07, 6.45) is 0. The van der Waals surface area contributed by atoms with Crippen LogP contribution in [0.1, 0.15) is 20.8 Å². The van der Waals surface area contributed by atoms with Gasteiger partial charge in [0.2, 0.25) is 0 Å². The van der Waals surface area contributed by atoms with Crippen LogP contribution in [0.25, 0.3) is 0 Å². The molecule has 0 saturated heterocycles. The molecule has 0 aliphatic rings. The monoisotopic (exact) mass is 105 g/mol. The molecular formula is C5H15NO. The summed E-state index contributed by atoms with van der Waals surface area (Å²) in [6.45, 7) is 6.56. The molecular weight excluding hydrogens is 90.1 g/mol. The summed E-state index contributed by atoms with van der Waals surface area (Å²) >= 11 is 0. The Hall–Kier alpha value is -0.0800. The zero-order valence-electron chi connectivity index (χ0n) is 5.52. The first-order valence-electron chi connectivity index (χ1n) is 2.37. The van der Waals surface area contributed by atoms with E-state index in [-0.39, 0.29) is 5.48 Å². The molecule has 46 valence electrons. The maximum absolute atomic E-state index is 2.19. The lowest BCUT2D eigenvalue weighted by molar-refractivity contribution is -0.692. The predicted octanol–water partition coefficient (Wildman–Crippen LogP) is -0.199. The van der Waals surface area contributed by atoms with Crippen molar-refractivity contribution in [1.82, 2.24) is 0 Å². The fraction of sp³-hybridized carbons (Fsp3) is 1.00. The average molecular weight is 105 g/mol. The van der Waals surface area contributed by atoms with Crippen molar-refractivity contribution in [3.8, 4) is 0 Å². The van der Waals surface area contributed by atoms with Gasteiger partial charge in [0.1, 0.15) is 0 Å². The quantitative estimate of drug-likeness (QED) is 0.455. The Labute approximate surface area is 45.2 Å².